The van der Waals surface area contributed by atoms with Crippen LogP contribution in [0.4, 0.5) is 5.69 Å². The molecule has 19 heavy (non-hydrogen) atoms. The highest BCUT2D eigenvalue weighted by Gasteiger charge is 2.09. The standard InChI is InChI=1S/C14H17NO4/c1-3-13(17)15-11-7-5-10(6-8-11)12(16)9-19-14(18)4-2/h5-8H,3-4,9H2,1-2H3,(H,15,17). The summed E-state index contributed by atoms with van der Waals surface area (Å²) < 4.78 is 4.76. The van der Waals surface area contributed by atoms with Crippen molar-refractivity contribution in [3.63, 3.8) is 0 Å². The number of amides is 1. The summed E-state index contributed by atoms with van der Waals surface area (Å²) in [7, 11) is 0. The Morgan fingerprint density at radius 3 is 2.21 bits per heavy atom. The van der Waals surface area contributed by atoms with Gasteiger partial charge < -0.3 is 10.1 Å². The molecular weight excluding hydrogens is 246 g/mol. The van der Waals surface area contributed by atoms with Crippen LogP contribution < -0.4 is 5.32 Å². The molecule has 0 aliphatic carbocycles. The van der Waals surface area contributed by atoms with Crippen molar-refractivity contribution in [3.8, 4) is 0 Å². The molecule has 0 radical (unpaired) electrons. The van der Waals surface area contributed by atoms with Crippen molar-refractivity contribution in [1.82, 2.24) is 0 Å². The first-order chi connectivity index (χ1) is 9.06. The van der Waals surface area contributed by atoms with E-state index in [2.05, 4.69) is 5.32 Å². The van der Waals surface area contributed by atoms with Crippen LogP contribution in [0.2, 0.25) is 0 Å². The lowest BCUT2D eigenvalue weighted by Crippen LogP contribution is -2.13. The summed E-state index contributed by atoms with van der Waals surface area (Å²) >= 11 is 0. The summed E-state index contributed by atoms with van der Waals surface area (Å²) in [6, 6.07) is 6.46. The zero-order valence-corrected chi connectivity index (χ0v) is 11.1. The number of benzene rings is 1. The molecule has 5 heteroatoms. The van der Waals surface area contributed by atoms with E-state index in [1.54, 1.807) is 38.1 Å². The molecule has 1 amide bonds. The summed E-state index contributed by atoms with van der Waals surface area (Å²) in [6.45, 7) is 3.17. The van der Waals surface area contributed by atoms with E-state index in [4.69, 9.17) is 4.74 Å². The molecular formula is C14H17NO4. The maximum atomic E-state index is 11.7. The molecule has 0 saturated heterocycles. The summed E-state index contributed by atoms with van der Waals surface area (Å²) in [6.07, 6.45) is 0.642. The Balaban J connectivity index is 2.58. The zero-order valence-electron chi connectivity index (χ0n) is 11.1. The minimum Gasteiger partial charge on any atom is -0.457 e. The average Bonchev–Trinajstić information content (AvgIpc) is 2.44. The van der Waals surface area contributed by atoms with E-state index in [1.165, 1.54) is 0 Å². The molecule has 0 heterocycles. The number of Topliss-reactive ketones (excluding diaryl/α,β-unsaturated/α-hetero) is 1. The van der Waals surface area contributed by atoms with Crippen LogP contribution in [0.3, 0.4) is 0 Å². The number of carbonyl (C=O) groups is 3. The quantitative estimate of drug-likeness (QED) is 0.630. The molecule has 1 aromatic rings. The first-order valence-electron chi connectivity index (χ1n) is 6.15. The number of carbonyl (C=O) groups excluding carboxylic acids is 3. The number of ketones is 1. The predicted octanol–water partition coefficient (Wildman–Crippen LogP) is 2.17. The lowest BCUT2D eigenvalue weighted by molar-refractivity contribution is -0.142. The molecule has 0 saturated carbocycles. The zero-order chi connectivity index (χ0) is 14.3. The van der Waals surface area contributed by atoms with Crippen LogP contribution >= 0.6 is 0 Å². The minimum absolute atomic E-state index is 0.0871. The van der Waals surface area contributed by atoms with Gasteiger partial charge in [0, 0.05) is 24.1 Å². The summed E-state index contributed by atoms with van der Waals surface area (Å²) in [4.78, 5) is 33.8. The molecule has 5 nitrogen and oxygen atoms in total. The highest BCUT2D eigenvalue weighted by Crippen LogP contribution is 2.10. The number of esters is 1. The summed E-state index contributed by atoms with van der Waals surface area (Å²) in [5.41, 5.74) is 1.08. The van der Waals surface area contributed by atoms with Gasteiger partial charge in [-0.25, -0.2) is 0 Å². The molecule has 1 rings (SSSR count). The van der Waals surface area contributed by atoms with Gasteiger partial charge in [0.05, 0.1) is 0 Å². The van der Waals surface area contributed by atoms with Crippen LogP contribution in [0.15, 0.2) is 24.3 Å². The van der Waals surface area contributed by atoms with Crippen molar-refractivity contribution in [2.45, 2.75) is 26.7 Å². The maximum absolute atomic E-state index is 11.7. The third-order valence-electron chi connectivity index (χ3n) is 2.46. The van der Waals surface area contributed by atoms with Crippen LogP contribution in [0, 0.1) is 0 Å². The highest BCUT2D eigenvalue weighted by molar-refractivity contribution is 5.98. The van der Waals surface area contributed by atoms with Crippen molar-refractivity contribution < 1.29 is 19.1 Å². The van der Waals surface area contributed by atoms with Gasteiger partial charge in [0.1, 0.15) is 0 Å². The van der Waals surface area contributed by atoms with Gasteiger partial charge in [-0.15, -0.1) is 0 Å². The van der Waals surface area contributed by atoms with Gasteiger partial charge in [-0.2, -0.15) is 0 Å². The Bertz CT molecular complexity index is 465. The van der Waals surface area contributed by atoms with E-state index in [-0.39, 0.29) is 24.7 Å². The van der Waals surface area contributed by atoms with Crippen LogP contribution in [0.1, 0.15) is 37.0 Å². The van der Waals surface area contributed by atoms with E-state index in [9.17, 15) is 14.4 Å². The van der Waals surface area contributed by atoms with Gasteiger partial charge in [0.2, 0.25) is 5.91 Å². The molecule has 0 atom stereocenters. The van der Waals surface area contributed by atoms with Crippen LogP contribution in [-0.2, 0) is 14.3 Å². The number of hydrogen-bond acceptors (Lipinski definition) is 4. The molecule has 102 valence electrons. The SMILES string of the molecule is CCC(=O)Nc1ccc(C(=O)COC(=O)CC)cc1. The van der Waals surface area contributed by atoms with Gasteiger partial charge in [0.25, 0.3) is 0 Å². The molecule has 0 fully saturated rings. The van der Waals surface area contributed by atoms with E-state index in [0.29, 0.717) is 17.7 Å². The molecule has 0 spiro atoms. The van der Waals surface area contributed by atoms with E-state index in [0.717, 1.165) is 0 Å². The molecule has 0 aromatic heterocycles. The average molecular weight is 263 g/mol. The Morgan fingerprint density at radius 1 is 1.05 bits per heavy atom. The third kappa shape index (κ3) is 4.91. The Kier molecular flexibility index (Phi) is 5.73. The normalized spacial score (nSPS) is 9.79. The smallest absolute Gasteiger partial charge is 0.305 e. The van der Waals surface area contributed by atoms with Crippen molar-refractivity contribution >= 4 is 23.3 Å². The van der Waals surface area contributed by atoms with Crippen molar-refractivity contribution in [2.75, 3.05) is 11.9 Å². The number of ether oxygens (including phenoxy) is 1. The summed E-state index contributed by atoms with van der Waals surface area (Å²) in [5.74, 6) is -0.758. The van der Waals surface area contributed by atoms with Gasteiger partial charge in [-0.3, -0.25) is 14.4 Å². The highest BCUT2D eigenvalue weighted by atomic mass is 16.5. The van der Waals surface area contributed by atoms with Gasteiger partial charge in [-0.05, 0) is 24.3 Å². The van der Waals surface area contributed by atoms with Gasteiger partial charge in [-0.1, -0.05) is 13.8 Å². The van der Waals surface area contributed by atoms with E-state index >= 15 is 0 Å². The Labute approximate surface area is 111 Å². The molecule has 0 unspecified atom stereocenters. The fourth-order valence-corrected chi connectivity index (χ4v) is 1.32. The first kappa shape index (κ1) is 14.9. The van der Waals surface area contributed by atoms with Crippen LogP contribution in [0.25, 0.3) is 0 Å². The monoisotopic (exact) mass is 263 g/mol. The van der Waals surface area contributed by atoms with E-state index in [1.807, 2.05) is 0 Å². The number of hydrogen-bond donors (Lipinski definition) is 1. The minimum atomic E-state index is -0.403. The molecule has 0 bridgehead atoms. The second-order valence-corrected chi connectivity index (χ2v) is 3.92. The molecule has 1 N–H and O–H groups in total. The largest absolute Gasteiger partial charge is 0.457 e. The fraction of sp³-hybridized carbons (Fsp3) is 0.357. The maximum Gasteiger partial charge on any atom is 0.305 e. The fourth-order valence-electron chi connectivity index (χ4n) is 1.32. The van der Waals surface area contributed by atoms with E-state index < -0.39 is 5.97 Å². The second-order valence-electron chi connectivity index (χ2n) is 3.92. The first-order valence-corrected chi connectivity index (χ1v) is 6.15. The molecule has 0 aliphatic rings. The van der Waals surface area contributed by atoms with Gasteiger partial charge in [0.15, 0.2) is 12.4 Å². The predicted molar refractivity (Wildman–Crippen MR) is 70.9 cm³/mol. The van der Waals surface area contributed by atoms with Crippen molar-refractivity contribution in [1.29, 1.82) is 0 Å². The number of anilines is 1. The number of rotatable bonds is 6. The van der Waals surface area contributed by atoms with Crippen molar-refractivity contribution in [2.24, 2.45) is 0 Å². The molecule has 0 aliphatic heterocycles. The van der Waals surface area contributed by atoms with Crippen LogP contribution in [0.5, 0.6) is 0 Å². The summed E-state index contributed by atoms with van der Waals surface area (Å²) in [5, 5.41) is 2.68. The second kappa shape index (κ2) is 7.31. The lowest BCUT2D eigenvalue weighted by atomic mass is 10.1. The molecule has 1 aromatic carbocycles. The lowest BCUT2D eigenvalue weighted by Gasteiger charge is -2.05. The third-order valence-corrected chi connectivity index (χ3v) is 2.46. The topological polar surface area (TPSA) is 72.5 Å². The Morgan fingerprint density at radius 2 is 1.68 bits per heavy atom. The van der Waals surface area contributed by atoms with Crippen LogP contribution in [-0.4, -0.2) is 24.3 Å². The van der Waals surface area contributed by atoms with Crippen molar-refractivity contribution in [3.05, 3.63) is 29.8 Å². The van der Waals surface area contributed by atoms with Gasteiger partial charge >= 0.3 is 5.97 Å². The number of nitrogens with one attached hydrogen (secondary N) is 1. The Hall–Kier alpha value is -2.17.